The lowest BCUT2D eigenvalue weighted by atomic mass is 10.0. The third-order valence-corrected chi connectivity index (χ3v) is 3.95. The molecule has 2 N–H and O–H groups in total. The van der Waals surface area contributed by atoms with E-state index in [1.54, 1.807) is 12.1 Å². The molecule has 0 saturated heterocycles. The van der Waals surface area contributed by atoms with E-state index in [0.29, 0.717) is 11.1 Å². The van der Waals surface area contributed by atoms with Crippen LogP contribution in [-0.4, -0.2) is 29.5 Å². The summed E-state index contributed by atoms with van der Waals surface area (Å²) in [5.41, 5.74) is 3.34. The van der Waals surface area contributed by atoms with Gasteiger partial charge in [0.25, 0.3) is 17.5 Å². The lowest BCUT2D eigenvalue weighted by molar-refractivity contribution is -0.384. The average Bonchev–Trinajstić information content (AvgIpc) is 2.72. The van der Waals surface area contributed by atoms with Crippen molar-refractivity contribution in [1.29, 1.82) is 0 Å². The Bertz CT molecular complexity index is 1060. The molecule has 0 aliphatic rings. The number of nitro benzene ring substituents is 1. The third kappa shape index (κ3) is 4.55. The lowest BCUT2D eigenvalue weighted by Gasteiger charge is -2.07. The molecule has 0 aliphatic carbocycles. The number of hydrazone groups is 1. The molecule has 3 aromatic rings. The Morgan fingerprint density at radius 3 is 2.46 bits per heavy atom. The Labute approximate surface area is 160 Å². The molecule has 0 bridgehead atoms. The normalized spacial score (nSPS) is 10.7. The van der Waals surface area contributed by atoms with Gasteiger partial charge in [-0.2, -0.15) is 5.10 Å². The number of hydrogen-bond acceptors (Lipinski definition) is 5. The Hall–Kier alpha value is -4.07. The van der Waals surface area contributed by atoms with Crippen LogP contribution in [0.4, 0.5) is 5.69 Å². The van der Waals surface area contributed by atoms with Crippen molar-refractivity contribution >= 4 is 34.5 Å². The van der Waals surface area contributed by atoms with Crippen LogP contribution in [0.15, 0.2) is 71.8 Å². The van der Waals surface area contributed by atoms with Crippen molar-refractivity contribution in [3.63, 3.8) is 0 Å². The Kier molecular flexibility index (Phi) is 5.71. The number of nitrogens with zero attached hydrogens (tertiary/aromatic N) is 2. The molecule has 0 spiro atoms. The average molecular weight is 376 g/mol. The van der Waals surface area contributed by atoms with Crippen LogP contribution in [0.5, 0.6) is 0 Å². The van der Waals surface area contributed by atoms with Gasteiger partial charge in [0.1, 0.15) is 0 Å². The van der Waals surface area contributed by atoms with Crippen molar-refractivity contribution < 1.29 is 14.5 Å². The molecular formula is C20H16N4O4. The van der Waals surface area contributed by atoms with Gasteiger partial charge in [0, 0.05) is 17.7 Å². The zero-order chi connectivity index (χ0) is 19.9. The molecule has 8 nitrogen and oxygen atoms in total. The molecule has 3 rings (SSSR count). The lowest BCUT2D eigenvalue weighted by Crippen LogP contribution is -2.35. The summed E-state index contributed by atoms with van der Waals surface area (Å²) in [5.74, 6) is -0.849. The number of amides is 2. The Balaban J connectivity index is 1.53. The molecular weight excluding hydrogens is 360 g/mol. The zero-order valence-corrected chi connectivity index (χ0v) is 14.7. The van der Waals surface area contributed by atoms with Crippen LogP contribution in [0.3, 0.4) is 0 Å². The van der Waals surface area contributed by atoms with E-state index in [-0.39, 0.29) is 18.1 Å². The summed E-state index contributed by atoms with van der Waals surface area (Å²) in [6, 6.07) is 18.6. The standard InChI is InChI=1S/C20H16N4O4/c25-19(23-22-12-14-8-10-16(11-9-14)24(27)28)13-21-20(26)18-7-3-5-15-4-1-2-6-17(15)18/h1-12H,13H2,(H,21,26)(H,23,25). The van der Waals surface area contributed by atoms with Gasteiger partial charge in [-0.3, -0.25) is 19.7 Å². The van der Waals surface area contributed by atoms with Crippen LogP contribution >= 0.6 is 0 Å². The van der Waals surface area contributed by atoms with Crippen LogP contribution in [-0.2, 0) is 4.79 Å². The van der Waals surface area contributed by atoms with Gasteiger partial charge in [-0.25, -0.2) is 5.43 Å². The highest BCUT2D eigenvalue weighted by molar-refractivity contribution is 6.07. The fraction of sp³-hybridized carbons (Fsp3) is 0.0500. The summed E-state index contributed by atoms with van der Waals surface area (Å²) in [7, 11) is 0. The minimum Gasteiger partial charge on any atom is -0.343 e. The fourth-order valence-electron chi connectivity index (χ4n) is 2.58. The van der Waals surface area contributed by atoms with Gasteiger partial charge in [0.2, 0.25) is 0 Å². The number of benzene rings is 3. The van der Waals surface area contributed by atoms with Gasteiger partial charge in [-0.15, -0.1) is 0 Å². The molecule has 0 radical (unpaired) electrons. The van der Waals surface area contributed by atoms with Crippen molar-refractivity contribution in [2.75, 3.05) is 6.54 Å². The largest absolute Gasteiger partial charge is 0.343 e. The van der Waals surface area contributed by atoms with E-state index in [1.807, 2.05) is 30.3 Å². The van der Waals surface area contributed by atoms with Crippen LogP contribution in [0.1, 0.15) is 15.9 Å². The molecule has 0 heterocycles. The van der Waals surface area contributed by atoms with E-state index in [2.05, 4.69) is 15.8 Å². The van der Waals surface area contributed by atoms with Crippen LogP contribution < -0.4 is 10.7 Å². The molecule has 140 valence electrons. The number of carbonyl (C=O) groups is 2. The van der Waals surface area contributed by atoms with Crippen molar-refractivity contribution in [1.82, 2.24) is 10.7 Å². The van der Waals surface area contributed by atoms with Crippen molar-refractivity contribution in [3.05, 3.63) is 88.0 Å². The maximum atomic E-state index is 12.4. The third-order valence-electron chi connectivity index (χ3n) is 3.95. The maximum Gasteiger partial charge on any atom is 0.269 e. The van der Waals surface area contributed by atoms with E-state index in [1.165, 1.54) is 30.5 Å². The second-order valence-electron chi connectivity index (χ2n) is 5.85. The molecule has 0 fully saturated rings. The summed E-state index contributed by atoms with van der Waals surface area (Å²) in [5, 5.41) is 18.7. The first kappa shape index (κ1) is 18.7. The minimum atomic E-state index is -0.499. The number of nitrogens with one attached hydrogen (secondary N) is 2. The molecule has 0 saturated carbocycles. The molecule has 3 aromatic carbocycles. The molecule has 0 aromatic heterocycles. The SMILES string of the molecule is O=C(CNC(=O)c1cccc2ccccc12)NN=Cc1ccc([N+](=O)[O-])cc1. The predicted molar refractivity (Wildman–Crippen MR) is 105 cm³/mol. The first-order chi connectivity index (χ1) is 13.5. The van der Waals surface area contributed by atoms with Gasteiger partial charge >= 0.3 is 0 Å². The minimum absolute atomic E-state index is 0.0302. The summed E-state index contributed by atoms with van der Waals surface area (Å²) >= 11 is 0. The highest BCUT2D eigenvalue weighted by atomic mass is 16.6. The number of carbonyl (C=O) groups excluding carboxylic acids is 2. The molecule has 0 unspecified atom stereocenters. The number of non-ortho nitro benzene ring substituents is 1. The number of rotatable bonds is 6. The van der Waals surface area contributed by atoms with E-state index in [0.717, 1.165) is 10.8 Å². The highest BCUT2D eigenvalue weighted by Crippen LogP contribution is 2.18. The first-order valence-electron chi connectivity index (χ1n) is 8.37. The van der Waals surface area contributed by atoms with Crippen molar-refractivity contribution in [2.45, 2.75) is 0 Å². The van der Waals surface area contributed by atoms with Gasteiger partial charge in [-0.05, 0) is 34.5 Å². The second kappa shape index (κ2) is 8.54. The summed E-state index contributed by atoms with van der Waals surface area (Å²) in [4.78, 5) is 34.3. The molecule has 2 amide bonds. The van der Waals surface area contributed by atoms with E-state index in [4.69, 9.17) is 0 Å². The topological polar surface area (TPSA) is 114 Å². The van der Waals surface area contributed by atoms with Crippen molar-refractivity contribution in [2.24, 2.45) is 5.10 Å². The van der Waals surface area contributed by atoms with Crippen LogP contribution in [0.25, 0.3) is 10.8 Å². The van der Waals surface area contributed by atoms with Crippen LogP contribution in [0, 0.1) is 10.1 Å². The second-order valence-corrected chi connectivity index (χ2v) is 5.85. The van der Waals surface area contributed by atoms with Gasteiger partial charge in [-0.1, -0.05) is 36.4 Å². The number of hydrogen-bond donors (Lipinski definition) is 2. The smallest absolute Gasteiger partial charge is 0.269 e. The van der Waals surface area contributed by atoms with Gasteiger partial charge in [0.15, 0.2) is 0 Å². The summed E-state index contributed by atoms with van der Waals surface area (Å²) in [6.45, 7) is -0.236. The highest BCUT2D eigenvalue weighted by Gasteiger charge is 2.10. The van der Waals surface area contributed by atoms with Crippen LogP contribution in [0.2, 0.25) is 0 Å². The first-order valence-corrected chi connectivity index (χ1v) is 8.37. The molecule has 8 heteroatoms. The van der Waals surface area contributed by atoms with Gasteiger partial charge in [0.05, 0.1) is 17.7 Å². The number of fused-ring (bicyclic) bond motifs is 1. The number of nitro groups is 1. The van der Waals surface area contributed by atoms with E-state index >= 15 is 0 Å². The summed E-state index contributed by atoms with van der Waals surface area (Å²) in [6.07, 6.45) is 1.36. The van der Waals surface area contributed by atoms with E-state index < -0.39 is 10.8 Å². The molecule has 28 heavy (non-hydrogen) atoms. The summed E-state index contributed by atoms with van der Waals surface area (Å²) < 4.78 is 0. The molecule has 0 atom stereocenters. The Morgan fingerprint density at radius 1 is 1.00 bits per heavy atom. The Morgan fingerprint density at radius 2 is 1.71 bits per heavy atom. The fourth-order valence-corrected chi connectivity index (χ4v) is 2.58. The molecule has 0 aliphatic heterocycles. The van der Waals surface area contributed by atoms with Gasteiger partial charge < -0.3 is 5.32 Å². The monoisotopic (exact) mass is 376 g/mol. The van der Waals surface area contributed by atoms with Crippen molar-refractivity contribution in [3.8, 4) is 0 Å². The maximum absolute atomic E-state index is 12.4. The zero-order valence-electron chi connectivity index (χ0n) is 14.7. The quantitative estimate of drug-likeness (QED) is 0.391. The van der Waals surface area contributed by atoms with E-state index in [9.17, 15) is 19.7 Å². The predicted octanol–water partition coefficient (Wildman–Crippen LogP) is 2.63.